The van der Waals surface area contributed by atoms with Crippen molar-refractivity contribution in [2.24, 2.45) is 5.92 Å². The predicted molar refractivity (Wildman–Crippen MR) is 75.5 cm³/mol. The average molecular weight is 305 g/mol. The predicted octanol–water partition coefficient (Wildman–Crippen LogP) is 2.40. The summed E-state index contributed by atoms with van der Waals surface area (Å²) in [4.78, 5) is 13.5. The molecule has 0 bridgehead atoms. The summed E-state index contributed by atoms with van der Waals surface area (Å²) in [6.45, 7) is 7.40. The molecule has 0 aromatic rings. The zero-order valence-corrected chi connectivity index (χ0v) is 12.6. The number of hydrogen-bond acceptors (Lipinski definition) is 2. The number of nitrogens with zero attached hydrogens (tertiary/aromatic N) is 1. The van der Waals surface area contributed by atoms with Crippen LogP contribution in [0.2, 0.25) is 0 Å². The molecular weight excluding hydrogens is 280 g/mol. The van der Waals surface area contributed by atoms with Crippen LogP contribution in [-0.2, 0) is 4.79 Å². The maximum absolute atomic E-state index is 11.0. The lowest BCUT2D eigenvalue weighted by Gasteiger charge is -2.32. The van der Waals surface area contributed by atoms with Crippen molar-refractivity contribution in [1.29, 1.82) is 0 Å². The van der Waals surface area contributed by atoms with Crippen LogP contribution in [0.25, 0.3) is 0 Å². The maximum atomic E-state index is 11.0. The third kappa shape index (κ3) is 6.41. The Labute approximate surface area is 113 Å². The van der Waals surface area contributed by atoms with E-state index in [-0.39, 0.29) is 5.91 Å². The van der Waals surface area contributed by atoms with Gasteiger partial charge in [0.2, 0.25) is 5.91 Å². The molecular formula is C13H25BrN2O. The van der Waals surface area contributed by atoms with Gasteiger partial charge in [0.15, 0.2) is 0 Å². The highest BCUT2D eigenvalue weighted by molar-refractivity contribution is 9.09. The van der Waals surface area contributed by atoms with Gasteiger partial charge < -0.3 is 10.2 Å². The van der Waals surface area contributed by atoms with Crippen LogP contribution in [-0.4, -0.2) is 41.8 Å². The van der Waals surface area contributed by atoms with Crippen molar-refractivity contribution in [2.75, 3.05) is 25.0 Å². The van der Waals surface area contributed by atoms with Crippen LogP contribution < -0.4 is 5.32 Å². The summed E-state index contributed by atoms with van der Waals surface area (Å²) in [5, 5.41) is 4.13. The number of carbonyl (C=O) groups excluding carboxylic acids is 1. The van der Waals surface area contributed by atoms with E-state index in [1.54, 1.807) is 6.92 Å². The molecule has 1 N–H and O–H groups in total. The molecule has 1 aliphatic rings. The minimum Gasteiger partial charge on any atom is -0.354 e. The van der Waals surface area contributed by atoms with Crippen molar-refractivity contribution in [3.05, 3.63) is 0 Å². The Balaban J connectivity index is 2.12. The summed E-state index contributed by atoms with van der Waals surface area (Å²) in [6.07, 6.45) is 4.76. The standard InChI is InChI=1S/C13H25BrN2O/c1-11(3-7-14)4-8-16-9-5-13(6-10-16)15-12(2)17/h11,13H,3-10H2,1-2H3,(H,15,17). The topological polar surface area (TPSA) is 32.3 Å². The fourth-order valence-corrected chi connectivity index (χ4v) is 3.10. The van der Waals surface area contributed by atoms with Crippen molar-refractivity contribution in [3.8, 4) is 0 Å². The number of rotatable bonds is 6. The smallest absolute Gasteiger partial charge is 0.217 e. The molecule has 0 saturated carbocycles. The number of alkyl halides is 1. The van der Waals surface area contributed by atoms with Crippen LogP contribution in [0.5, 0.6) is 0 Å². The normalized spacial score (nSPS) is 20.2. The molecule has 17 heavy (non-hydrogen) atoms. The SMILES string of the molecule is CC(=O)NC1CCN(CCC(C)CCBr)CC1. The van der Waals surface area contributed by atoms with Crippen molar-refractivity contribution in [1.82, 2.24) is 10.2 Å². The number of hydrogen-bond donors (Lipinski definition) is 1. The Morgan fingerprint density at radius 2 is 2.06 bits per heavy atom. The zero-order chi connectivity index (χ0) is 12.7. The minimum atomic E-state index is 0.106. The largest absolute Gasteiger partial charge is 0.354 e. The lowest BCUT2D eigenvalue weighted by molar-refractivity contribution is -0.119. The Bertz CT molecular complexity index is 227. The molecule has 0 spiro atoms. The van der Waals surface area contributed by atoms with Gasteiger partial charge in [0.25, 0.3) is 0 Å². The van der Waals surface area contributed by atoms with Gasteiger partial charge in [-0.15, -0.1) is 0 Å². The second-order valence-corrected chi connectivity index (χ2v) is 5.98. The average Bonchev–Trinajstić information content (AvgIpc) is 2.28. The van der Waals surface area contributed by atoms with Gasteiger partial charge in [0.1, 0.15) is 0 Å². The molecule has 1 saturated heterocycles. The zero-order valence-electron chi connectivity index (χ0n) is 11.0. The van der Waals surface area contributed by atoms with Crippen molar-refractivity contribution in [2.45, 2.75) is 45.6 Å². The monoisotopic (exact) mass is 304 g/mol. The molecule has 0 radical (unpaired) electrons. The molecule has 0 aromatic heterocycles. The van der Waals surface area contributed by atoms with Crippen LogP contribution in [0.3, 0.4) is 0 Å². The first-order valence-electron chi connectivity index (χ1n) is 6.67. The summed E-state index contributed by atoms with van der Waals surface area (Å²) >= 11 is 3.49. The first-order valence-corrected chi connectivity index (χ1v) is 7.79. The summed E-state index contributed by atoms with van der Waals surface area (Å²) < 4.78 is 0. The van der Waals surface area contributed by atoms with Crippen LogP contribution in [0.15, 0.2) is 0 Å². The number of likely N-dealkylation sites (tertiary alicyclic amines) is 1. The Morgan fingerprint density at radius 1 is 1.41 bits per heavy atom. The number of halogens is 1. The van der Waals surface area contributed by atoms with Crippen LogP contribution in [0.4, 0.5) is 0 Å². The van der Waals surface area contributed by atoms with E-state index in [0.29, 0.717) is 6.04 Å². The first kappa shape index (κ1) is 15.0. The quantitative estimate of drug-likeness (QED) is 0.764. The molecule has 1 heterocycles. The summed E-state index contributed by atoms with van der Waals surface area (Å²) in [6, 6.07) is 0.406. The molecule has 0 aliphatic carbocycles. The maximum Gasteiger partial charge on any atom is 0.217 e. The molecule has 1 aliphatic heterocycles. The molecule has 1 rings (SSSR count). The van der Waals surface area contributed by atoms with Gasteiger partial charge in [-0.25, -0.2) is 0 Å². The van der Waals surface area contributed by atoms with Gasteiger partial charge in [0, 0.05) is 31.4 Å². The van der Waals surface area contributed by atoms with Crippen LogP contribution >= 0.6 is 15.9 Å². The molecule has 100 valence electrons. The fourth-order valence-electron chi connectivity index (χ4n) is 2.32. The van der Waals surface area contributed by atoms with E-state index >= 15 is 0 Å². The number of carbonyl (C=O) groups is 1. The summed E-state index contributed by atoms with van der Waals surface area (Å²) in [5.41, 5.74) is 0. The second kappa shape index (κ2) is 8.09. The first-order chi connectivity index (χ1) is 8.11. The molecule has 1 atom stereocenters. The molecule has 3 nitrogen and oxygen atoms in total. The fraction of sp³-hybridized carbons (Fsp3) is 0.923. The van der Waals surface area contributed by atoms with E-state index in [1.807, 2.05) is 0 Å². The highest BCUT2D eigenvalue weighted by Crippen LogP contribution is 2.14. The van der Waals surface area contributed by atoms with Crippen molar-refractivity contribution >= 4 is 21.8 Å². The van der Waals surface area contributed by atoms with Gasteiger partial charge in [-0.05, 0) is 38.1 Å². The van der Waals surface area contributed by atoms with Gasteiger partial charge in [-0.1, -0.05) is 22.9 Å². The summed E-state index contributed by atoms with van der Waals surface area (Å²) in [7, 11) is 0. The van der Waals surface area contributed by atoms with Gasteiger partial charge in [0.05, 0.1) is 0 Å². The minimum absolute atomic E-state index is 0.106. The second-order valence-electron chi connectivity index (χ2n) is 5.19. The van der Waals surface area contributed by atoms with E-state index in [1.165, 1.54) is 19.4 Å². The van der Waals surface area contributed by atoms with E-state index in [2.05, 4.69) is 33.1 Å². The van der Waals surface area contributed by atoms with Gasteiger partial charge in [-0.2, -0.15) is 0 Å². The highest BCUT2D eigenvalue weighted by atomic mass is 79.9. The molecule has 0 aromatic carbocycles. The van der Waals surface area contributed by atoms with Crippen molar-refractivity contribution in [3.63, 3.8) is 0 Å². The third-order valence-electron chi connectivity index (χ3n) is 3.53. The Kier molecular flexibility index (Phi) is 7.12. The molecule has 1 unspecified atom stereocenters. The van der Waals surface area contributed by atoms with Crippen LogP contribution in [0.1, 0.15) is 39.5 Å². The lowest BCUT2D eigenvalue weighted by atomic mass is 10.0. The Hall–Kier alpha value is -0.0900. The van der Waals surface area contributed by atoms with E-state index in [9.17, 15) is 4.79 Å². The number of amides is 1. The molecule has 4 heteroatoms. The van der Waals surface area contributed by atoms with Gasteiger partial charge in [-0.3, -0.25) is 4.79 Å². The van der Waals surface area contributed by atoms with E-state index in [0.717, 1.165) is 37.2 Å². The Morgan fingerprint density at radius 3 is 2.59 bits per heavy atom. The van der Waals surface area contributed by atoms with Crippen molar-refractivity contribution < 1.29 is 4.79 Å². The van der Waals surface area contributed by atoms with E-state index < -0.39 is 0 Å². The highest BCUT2D eigenvalue weighted by Gasteiger charge is 2.19. The molecule has 1 amide bonds. The number of nitrogens with one attached hydrogen (secondary N) is 1. The van der Waals surface area contributed by atoms with E-state index in [4.69, 9.17) is 0 Å². The van der Waals surface area contributed by atoms with Crippen LogP contribution in [0, 0.1) is 5.92 Å². The summed E-state index contributed by atoms with van der Waals surface area (Å²) in [5.74, 6) is 0.914. The molecule has 1 fully saturated rings. The third-order valence-corrected chi connectivity index (χ3v) is 3.99. The lowest BCUT2D eigenvalue weighted by Crippen LogP contribution is -2.44. The van der Waals surface area contributed by atoms with Gasteiger partial charge >= 0.3 is 0 Å². The number of piperidine rings is 1.